The molecule has 0 atom stereocenters. The van der Waals surface area contributed by atoms with Crippen molar-refractivity contribution in [1.29, 1.82) is 0 Å². The molecule has 1 aromatic rings. The molecule has 0 radical (unpaired) electrons. The van der Waals surface area contributed by atoms with Crippen LogP contribution in [0.3, 0.4) is 0 Å². The third-order valence-electron chi connectivity index (χ3n) is 3.99. The second-order valence-corrected chi connectivity index (χ2v) is 6.41. The van der Waals surface area contributed by atoms with Crippen LogP contribution in [0.15, 0.2) is 18.2 Å². The third kappa shape index (κ3) is 2.55. The van der Waals surface area contributed by atoms with Gasteiger partial charge in [-0.25, -0.2) is 9.18 Å². The molecule has 2 rings (SSSR count). The lowest BCUT2D eigenvalue weighted by Crippen LogP contribution is -2.49. The number of halogens is 1. The SMILES string of the molecule is CC1=CC(C)(C)N(C(C)C)c2cc(CF)c(C(=O)O)cc21. The number of nitrogens with zero attached hydrogens (tertiary/aromatic N) is 1. The number of carbonyl (C=O) groups is 1. The normalized spacial score (nSPS) is 16.7. The van der Waals surface area contributed by atoms with Crippen molar-refractivity contribution < 1.29 is 14.3 Å². The number of aromatic carboxylic acids is 1. The van der Waals surface area contributed by atoms with E-state index in [1.54, 1.807) is 12.1 Å². The van der Waals surface area contributed by atoms with Crippen LogP contribution in [0.1, 0.15) is 56.1 Å². The summed E-state index contributed by atoms with van der Waals surface area (Å²) in [5, 5.41) is 9.26. The first kappa shape index (κ1) is 15.5. The van der Waals surface area contributed by atoms with Crippen LogP contribution in [-0.2, 0) is 6.67 Å². The first-order chi connectivity index (χ1) is 9.69. The zero-order valence-corrected chi connectivity index (χ0v) is 13.2. The first-order valence-electron chi connectivity index (χ1n) is 7.14. The topological polar surface area (TPSA) is 40.5 Å². The van der Waals surface area contributed by atoms with Gasteiger partial charge in [0.25, 0.3) is 0 Å². The largest absolute Gasteiger partial charge is 0.478 e. The minimum Gasteiger partial charge on any atom is -0.478 e. The maximum Gasteiger partial charge on any atom is 0.336 e. The summed E-state index contributed by atoms with van der Waals surface area (Å²) in [6.07, 6.45) is 2.14. The van der Waals surface area contributed by atoms with Gasteiger partial charge in [0, 0.05) is 17.3 Å². The van der Waals surface area contributed by atoms with Crippen molar-refractivity contribution in [2.75, 3.05) is 4.90 Å². The molecule has 0 amide bonds. The standard InChI is InChI=1S/C17H22FNO2/c1-10(2)19-15-6-12(9-18)14(16(20)21)7-13(15)11(3)8-17(19,4)5/h6-8,10H,9H2,1-5H3,(H,20,21). The van der Waals surface area contributed by atoms with Gasteiger partial charge >= 0.3 is 5.97 Å². The highest BCUT2D eigenvalue weighted by Gasteiger charge is 2.34. The minimum atomic E-state index is -1.08. The van der Waals surface area contributed by atoms with E-state index in [4.69, 9.17) is 0 Å². The van der Waals surface area contributed by atoms with Gasteiger partial charge in [-0.2, -0.15) is 0 Å². The fraction of sp³-hybridized carbons (Fsp3) is 0.471. The van der Waals surface area contributed by atoms with Gasteiger partial charge in [0.05, 0.1) is 11.1 Å². The molecule has 0 spiro atoms. The molecule has 1 aliphatic heterocycles. The van der Waals surface area contributed by atoms with E-state index in [0.29, 0.717) is 0 Å². The molecule has 4 heteroatoms. The van der Waals surface area contributed by atoms with E-state index in [0.717, 1.165) is 16.8 Å². The lowest BCUT2D eigenvalue weighted by atomic mass is 9.86. The lowest BCUT2D eigenvalue weighted by Gasteiger charge is -2.46. The maximum atomic E-state index is 13.2. The molecule has 21 heavy (non-hydrogen) atoms. The molecule has 0 unspecified atom stereocenters. The third-order valence-corrected chi connectivity index (χ3v) is 3.99. The monoisotopic (exact) mass is 291 g/mol. The number of fused-ring (bicyclic) bond motifs is 1. The molecular formula is C17H22FNO2. The smallest absolute Gasteiger partial charge is 0.336 e. The van der Waals surface area contributed by atoms with E-state index < -0.39 is 12.6 Å². The summed E-state index contributed by atoms with van der Waals surface area (Å²) in [5.74, 6) is -1.08. The average Bonchev–Trinajstić information content (AvgIpc) is 2.35. The zero-order valence-electron chi connectivity index (χ0n) is 13.2. The summed E-state index contributed by atoms with van der Waals surface area (Å²) in [5.41, 5.74) is 2.90. The summed E-state index contributed by atoms with van der Waals surface area (Å²) in [6.45, 7) is 9.59. The Kier molecular flexibility index (Phi) is 3.83. The number of carboxylic acid groups (broad SMARTS) is 1. The summed E-state index contributed by atoms with van der Waals surface area (Å²) >= 11 is 0. The van der Waals surface area contributed by atoms with E-state index in [1.165, 1.54) is 0 Å². The molecule has 0 saturated heterocycles. The second-order valence-electron chi connectivity index (χ2n) is 6.41. The van der Waals surface area contributed by atoms with Gasteiger partial charge in [-0.05, 0) is 57.9 Å². The fourth-order valence-corrected chi connectivity index (χ4v) is 3.39. The average molecular weight is 291 g/mol. The Bertz CT molecular complexity index is 617. The maximum absolute atomic E-state index is 13.2. The van der Waals surface area contributed by atoms with E-state index in [9.17, 15) is 14.3 Å². The fourth-order valence-electron chi connectivity index (χ4n) is 3.39. The van der Waals surface area contributed by atoms with Gasteiger partial charge in [-0.1, -0.05) is 6.08 Å². The van der Waals surface area contributed by atoms with Crippen molar-refractivity contribution in [2.24, 2.45) is 0 Å². The number of carboxylic acids is 1. The highest BCUT2D eigenvalue weighted by Crippen LogP contribution is 2.41. The molecule has 1 aromatic carbocycles. The highest BCUT2D eigenvalue weighted by atomic mass is 19.1. The van der Waals surface area contributed by atoms with Crippen LogP contribution >= 0.6 is 0 Å². The van der Waals surface area contributed by atoms with Crippen molar-refractivity contribution in [2.45, 2.75) is 52.9 Å². The van der Waals surface area contributed by atoms with Crippen LogP contribution in [0, 0.1) is 0 Å². The summed E-state index contributed by atoms with van der Waals surface area (Å²) < 4.78 is 13.2. The lowest BCUT2D eigenvalue weighted by molar-refractivity contribution is 0.0694. The van der Waals surface area contributed by atoms with Crippen LogP contribution in [0.25, 0.3) is 5.57 Å². The van der Waals surface area contributed by atoms with Gasteiger partial charge in [-0.3, -0.25) is 0 Å². The number of anilines is 1. The van der Waals surface area contributed by atoms with Crippen molar-refractivity contribution in [1.82, 2.24) is 0 Å². The first-order valence-corrected chi connectivity index (χ1v) is 7.14. The Balaban J connectivity index is 2.75. The van der Waals surface area contributed by atoms with Crippen LogP contribution in [0.4, 0.5) is 10.1 Å². The second kappa shape index (κ2) is 5.17. The molecule has 0 bridgehead atoms. The van der Waals surface area contributed by atoms with Gasteiger partial charge in [-0.15, -0.1) is 0 Å². The molecule has 114 valence electrons. The van der Waals surface area contributed by atoms with E-state index in [-0.39, 0.29) is 22.7 Å². The Hall–Kier alpha value is -1.84. The predicted molar refractivity (Wildman–Crippen MR) is 83.6 cm³/mol. The number of hydrogen-bond donors (Lipinski definition) is 1. The van der Waals surface area contributed by atoms with Crippen molar-refractivity contribution >= 4 is 17.2 Å². The summed E-state index contributed by atoms with van der Waals surface area (Å²) in [7, 11) is 0. The van der Waals surface area contributed by atoms with Gasteiger partial charge in [0.15, 0.2) is 0 Å². The number of allylic oxidation sites excluding steroid dienone is 1. The summed E-state index contributed by atoms with van der Waals surface area (Å²) in [6, 6.07) is 3.52. The molecule has 0 aliphatic carbocycles. The number of rotatable bonds is 3. The molecule has 1 N–H and O–H groups in total. The van der Waals surface area contributed by atoms with Crippen LogP contribution in [0.2, 0.25) is 0 Å². The summed E-state index contributed by atoms with van der Waals surface area (Å²) in [4.78, 5) is 13.5. The van der Waals surface area contributed by atoms with Crippen LogP contribution in [0.5, 0.6) is 0 Å². The van der Waals surface area contributed by atoms with Crippen molar-refractivity contribution in [3.63, 3.8) is 0 Å². The molecular weight excluding hydrogens is 269 g/mol. The Morgan fingerprint density at radius 3 is 2.48 bits per heavy atom. The Labute approximate surface area is 125 Å². The van der Waals surface area contributed by atoms with Gasteiger partial charge < -0.3 is 10.0 Å². The van der Waals surface area contributed by atoms with Crippen molar-refractivity contribution in [3.05, 3.63) is 34.9 Å². The van der Waals surface area contributed by atoms with Crippen molar-refractivity contribution in [3.8, 4) is 0 Å². The van der Waals surface area contributed by atoms with Crippen LogP contribution < -0.4 is 4.90 Å². The quantitative estimate of drug-likeness (QED) is 0.904. The van der Waals surface area contributed by atoms with E-state index in [1.807, 2.05) is 6.92 Å². The number of hydrogen-bond acceptors (Lipinski definition) is 2. The molecule has 0 aromatic heterocycles. The molecule has 0 saturated carbocycles. The Morgan fingerprint density at radius 1 is 1.38 bits per heavy atom. The zero-order chi connectivity index (χ0) is 15.9. The predicted octanol–water partition coefficient (Wildman–Crippen LogP) is 4.26. The van der Waals surface area contributed by atoms with Crippen LogP contribution in [-0.4, -0.2) is 22.7 Å². The van der Waals surface area contributed by atoms with E-state index in [2.05, 4.69) is 38.7 Å². The number of alkyl halides is 1. The molecule has 1 aliphatic rings. The molecule has 0 fully saturated rings. The molecule has 3 nitrogen and oxygen atoms in total. The van der Waals surface area contributed by atoms with Gasteiger partial charge in [0.2, 0.25) is 0 Å². The van der Waals surface area contributed by atoms with Gasteiger partial charge in [0.1, 0.15) is 6.67 Å². The number of benzene rings is 1. The Morgan fingerprint density at radius 2 is 2.00 bits per heavy atom. The highest BCUT2D eigenvalue weighted by molar-refractivity contribution is 5.94. The molecule has 1 heterocycles. The minimum absolute atomic E-state index is 0.0485. The van der Waals surface area contributed by atoms with E-state index >= 15 is 0 Å².